The summed E-state index contributed by atoms with van der Waals surface area (Å²) in [4.78, 5) is 0. The van der Waals surface area contributed by atoms with Crippen LogP contribution in [0.15, 0.2) is 5.16 Å². The summed E-state index contributed by atoms with van der Waals surface area (Å²) in [6.07, 6.45) is 0.558. The van der Waals surface area contributed by atoms with Crippen LogP contribution in [0.1, 0.15) is 13.3 Å². The number of rotatable bonds is 1. The second-order valence-electron chi connectivity index (χ2n) is 2.55. The van der Waals surface area contributed by atoms with E-state index in [2.05, 4.69) is 5.16 Å². The van der Waals surface area contributed by atoms with Crippen molar-refractivity contribution in [2.45, 2.75) is 25.6 Å². The van der Waals surface area contributed by atoms with E-state index >= 15 is 0 Å². The Bertz CT molecular complexity index is 158. The predicted molar refractivity (Wildman–Crippen MR) is 40.0 cm³/mol. The Morgan fingerprint density at radius 2 is 2.45 bits per heavy atom. The van der Waals surface area contributed by atoms with Gasteiger partial charge in [-0.25, -0.2) is 0 Å². The summed E-state index contributed by atoms with van der Waals surface area (Å²) >= 11 is 0. The summed E-state index contributed by atoms with van der Waals surface area (Å²) in [6.45, 7) is 2.51. The maximum atomic E-state index is 8.59. The quantitative estimate of drug-likeness (QED) is 0.451. The van der Waals surface area contributed by atoms with Crippen LogP contribution < -0.4 is 0 Å². The molecule has 1 saturated heterocycles. The van der Waals surface area contributed by atoms with Gasteiger partial charge in [0.1, 0.15) is 11.8 Å². The third-order valence-corrected chi connectivity index (χ3v) is 1.89. The first-order chi connectivity index (χ1) is 5.29. The van der Waals surface area contributed by atoms with Crippen molar-refractivity contribution in [2.24, 2.45) is 5.16 Å². The molecule has 1 rings (SSSR count). The van der Waals surface area contributed by atoms with E-state index in [1.807, 2.05) is 6.92 Å². The zero-order valence-corrected chi connectivity index (χ0v) is 6.78. The fourth-order valence-corrected chi connectivity index (χ4v) is 1.23. The highest BCUT2D eigenvalue weighted by atomic mass is 16.5. The average molecular weight is 159 g/mol. The zero-order chi connectivity index (χ0) is 8.27. The Hall–Kier alpha value is -0.610. The first kappa shape index (κ1) is 8.49. The monoisotopic (exact) mass is 159 g/mol. The summed E-state index contributed by atoms with van der Waals surface area (Å²) in [5, 5.41) is 11.7. The second kappa shape index (κ2) is 3.69. The van der Waals surface area contributed by atoms with Crippen molar-refractivity contribution >= 4 is 5.71 Å². The third-order valence-electron chi connectivity index (χ3n) is 1.89. The molecule has 0 amide bonds. The lowest BCUT2D eigenvalue weighted by Crippen LogP contribution is -2.39. The smallest absolute Gasteiger partial charge is 0.114 e. The van der Waals surface area contributed by atoms with Gasteiger partial charge in [0.2, 0.25) is 0 Å². The van der Waals surface area contributed by atoms with Gasteiger partial charge in [-0.1, -0.05) is 5.16 Å². The number of ether oxygens (including phenoxy) is 2. The average Bonchev–Trinajstić information content (AvgIpc) is 2.04. The maximum Gasteiger partial charge on any atom is 0.114 e. The minimum absolute atomic E-state index is 0.0799. The van der Waals surface area contributed by atoms with Crippen LogP contribution >= 0.6 is 0 Å². The van der Waals surface area contributed by atoms with Crippen molar-refractivity contribution in [3.63, 3.8) is 0 Å². The minimum atomic E-state index is -0.126. The molecular formula is C7H13NO3. The molecule has 1 N–H and O–H groups in total. The molecule has 1 heterocycles. The molecule has 64 valence electrons. The van der Waals surface area contributed by atoms with Crippen LogP contribution in [0.5, 0.6) is 0 Å². The zero-order valence-electron chi connectivity index (χ0n) is 6.78. The molecule has 4 heteroatoms. The molecule has 0 aromatic heterocycles. The van der Waals surface area contributed by atoms with Crippen molar-refractivity contribution in [3.8, 4) is 0 Å². The van der Waals surface area contributed by atoms with E-state index in [4.69, 9.17) is 14.7 Å². The molecule has 2 unspecified atom stereocenters. The highest BCUT2D eigenvalue weighted by Crippen LogP contribution is 2.13. The topological polar surface area (TPSA) is 51.0 Å². The van der Waals surface area contributed by atoms with Gasteiger partial charge in [0.25, 0.3) is 0 Å². The SMILES string of the molecule is COC1CCOC(C)/C1=N\O. The molecule has 11 heavy (non-hydrogen) atoms. The molecule has 0 radical (unpaired) electrons. The first-order valence-electron chi connectivity index (χ1n) is 3.65. The number of hydrogen-bond donors (Lipinski definition) is 1. The molecule has 0 spiro atoms. The first-order valence-corrected chi connectivity index (χ1v) is 3.65. The summed E-state index contributed by atoms with van der Waals surface area (Å²) in [6, 6.07) is 0. The molecule has 1 aliphatic heterocycles. The van der Waals surface area contributed by atoms with Gasteiger partial charge in [-0.2, -0.15) is 0 Å². The van der Waals surface area contributed by atoms with Crippen LogP contribution in [0.3, 0.4) is 0 Å². The van der Waals surface area contributed by atoms with Gasteiger partial charge in [0.15, 0.2) is 0 Å². The minimum Gasteiger partial charge on any atom is -0.411 e. The van der Waals surface area contributed by atoms with Crippen molar-refractivity contribution in [3.05, 3.63) is 0 Å². The van der Waals surface area contributed by atoms with E-state index in [-0.39, 0.29) is 12.2 Å². The van der Waals surface area contributed by atoms with Gasteiger partial charge < -0.3 is 14.7 Å². The fraction of sp³-hybridized carbons (Fsp3) is 0.857. The Morgan fingerprint density at radius 3 is 2.91 bits per heavy atom. The Kier molecular flexibility index (Phi) is 2.84. The van der Waals surface area contributed by atoms with Crippen molar-refractivity contribution in [1.82, 2.24) is 0 Å². The van der Waals surface area contributed by atoms with Crippen molar-refractivity contribution in [2.75, 3.05) is 13.7 Å². The lowest BCUT2D eigenvalue weighted by atomic mass is 10.0. The van der Waals surface area contributed by atoms with Gasteiger partial charge in [-0.3, -0.25) is 0 Å². The molecule has 0 aromatic carbocycles. The molecule has 2 atom stereocenters. The second-order valence-corrected chi connectivity index (χ2v) is 2.55. The summed E-state index contributed by atoms with van der Waals surface area (Å²) in [5.74, 6) is 0. The summed E-state index contributed by atoms with van der Waals surface area (Å²) in [5.41, 5.74) is 0.582. The maximum absolute atomic E-state index is 8.59. The standard InChI is InChI=1S/C7H13NO3/c1-5-7(8-9)6(10-2)3-4-11-5/h5-6,9H,3-4H2,1-2H3/b8-7+. The Balaban J connectivity index is 2.64. The van der Waals surface area contributed by atoms with Gasteiger partial charge in [-0.15, -0.1) is 0 Å². The largest absolute Gasteiger partial charge is 0.411 e. The van der Waals surface area contributed by atoms with Crippen molar-refractivity contribution in [1.29, 1.82) is 0 Å². The molecule has 0 saturated carbocycles. The van der Waals surface area contributed by atoms with Gasteiger partial charge >= 0.3 is 0 Å². The van der Waals surface area contributed by atoms with E-state index in [0.29, 0.717) is 12.3 Å². The lowest BCUT2D eigenvalue weighted by Gasteiger charge is -2.26. The van der Waals surface area contributed by atoms with Crippen LogP contribution in [-0.2, 0) is 9.47 Å². The van der Waals surface area contributed by atoms with Crippen LogP contribution in [0.4, 0.5) is 0 Å². The van der Waals surface area contributed by atoms with E-state index in [9.17, 15) is 0 Å². The van der Waals surface area contributed by atoms with E-state index < -0.39 is 0 Å². The number of methoxy groups -OCH3 is 1. The molecular weight excluding hydrogens is 146 g/mol. The fourth-order valence-electron chi connectivity index (χ4n) is 1.23. The van der Waals surface area contributed by atoms with Gasteiger partial charge in [0.05, 0.1) is 12.7 Å². The van der Waals surface area contributed by atoms with Crippen molar-refractivity contribution < 1.29 is 14.7 Å². The Labute approximate surface area is 65.8 Å². The van der Waals surface area contributed by atoms with E-state index in [1.165, 1.54) is 0 Å². The van der Waals surface area contributed by atoms with Crippen LogP contribution in [0.25, 0.3) is 0 Å². The molecule has 0 bridgehead atoms. The summed E-state index contributed by atoms with van der Waals surface area (Å²) in [7, 11) is 1.61. The van der Waals surface area contributed by atoms with Crippen LogP contribution in [0, 0.1) is 0 Å². The van der Waals surface area contributed by atoms with Crippen LogP contribution in [-0.4, -0.2) is 36.8 Å². The van der Waals surface area contributed by atoms with Gasteiger partial charge in [-0.05, 0) is 6.92 Å². The molecule has 0 aromatic rings. The molecule has 0 aliphatic carbocycles. The normalized spacial score (nSPS) is 36.0. The summed E-state index contributed by atoms with van der Waals surface area (Å²) < 4.78 is 10.3. The van der Waals surface area contributed by atoms with Gasteiger partial charge in [0, 0.05) is 13.5 Å². The third kappa shape index (κ3) is 1.70. The lowest BCUT2D eigenvalue weighted by molar-refractivity contribution is 0.0286. The number of oxime groups is 1. The highest BCUT2D eigenvalue weighted by Gasteiger charge is 2.27. The number of hydrogen-bond acceptors (Lipinski definition) is 4. The Morgan fingerprint density at radius 1 is 1.73 bits per heavy atom. The predicted octanol–water partition coefficient (Wildman–Crippen LogP) is 0.640. The van der Waals surface area contributed by atoms with E-state index in [0.717, 1.165) is 6.42 Å². The molecule has 1 aliphatic rings. The molecule has 1 fully saturated rings. The molecule has 4 nitrogen and oxygen atoms in total. The number of nitrogens with zero attached hydrogens (tertiary/aromatic N) is 1. The highest BCUT2D eigenvalue weighted by molar-refractivity contribution is 5.92. The van der Waals surface area contributed by atoms with E-state index in [1.54, 1.807) is 7.11 Å². The van der Waals surface area contributed by atoms with Crippen LogP contribution in [0.2, 0.25) is 0 Å².